The summed E-state index contributed by atoms with van der Waals surface area (Å²) in [5, 5.41) is 3.41. The summed E-state index contributed by atoms with van der Waals surface area (Å²) in [4.78, 5) is 4.65. The standard InChI is InChI=1S/C31H35F3N2O/c32-31(33,34)28-18-23(21-37-22-30(13-15-35-16-14-30)27-9-5-2-6-10-27)17-26(19-28)25-11-12-29(36-20-25)24-7-3-1-4-8-24/h2,5-6,9-12,17-20,24,35H,1,3-4,7-8,13-16,21-22H2. The highest BCUT2D eigenvalue weighted by atomic mass is 19.4. The predicted octanol–water partition coefficient (Wildman–Crippen LogP) is 7.65. The van der Waals surface area contributed by atoms with E-state index in [0.29, 0.717) is 29.2 Å². The Morgan fingerprint density at radius 3 is 2.32 bits per heavy atom. The minimum atomic E-state index is -4.43. The van der Waals surface area contributed by atoms with Crippen LogP contribution in [0, 0.1) is 0 Å². The Kier molecular flexibility index (Phi) is 7.96. The fourth-order valence-corrected chi connectivity index (χ4v) is 5.90. The van der Waals surface area contributed by atoms with Crippen molar-refractivity contribution in [1.82, 2.24) is 10.3 Å². The van der Waals surface area contributed by atoms with Gasteiger partial charge in [0.2, 0.25) is 0 Å². The number of rotatable bonds is 7. The van der Waals surface area contributed by atoms with E-state index in [0.717, 1.165) is 44.5 Å². The summed E-state index contributed by atoms with van der Waals surface area (Å²) in [5.41, 5.74) is 3.24. The van der Waals surface area contributed by atoms with Gasteiger partial charge in [-0.05, 0) is 79.7 Å². The Balaban J connectivity index is 1.35. The minimum Gasteiger partial charge on any atom is -0.376 e. The normalized spacial score (nSPS) is 18.6. The summed E-state index contributed by atoms with van der Waals surface area (Å²) in [5.74, 6) is 0.459. The second-order valence-corrected chi connectivity index (χ2v) is 10.6. The van der Waals surface area contributed by atoms with Crippen LogP contribution in [0.1, 0.15) is 73.2 Å². The first-order valence-corrected chi connectivity index (χ1v) is 13.4. The molecule has 1 saturated carbocycles. The molecule has 1 saturated heterocycles. The maximum absolute atomic E-state index is 13.8. The Labute approximate surface area is 217 Å². The molecular formula is C31H35F3N2O. The van der Waals surface area contributed by atoms with E-state index < -0.39 is 11.7 Å². The molecular weight excluding hydrogens is 473 g/mol. The van der Waals surface area contributed by atoms with Gasteiger partial charge in [-0.15, -0.1) is 0 Å². The van der Waals surface area contributed by atoms with Crippen LogP contribution in [-0.4, -0.2) is 24.7 Å². The molecule has 1 aliphatic heterocycles. The zero-order valence-corrected chi connectivity index (χ0v) is 21.2. The van der Waals surface area contributed by atoms with Gasteiger partial charge in [0.05, 0.1) is 18.8 Å². The first kappa shape index (κ1) is 25.9. The summed E-state index contributed by atoms with van der Waals surface area (Å²) in [6, 6.07) is 18.5. The molecule has 0 radical (unpaired) electrons. The van der Waals surface area contributed by atoms with Crippen molar-refractivity contribution in [2.75, 3.05) is 19.7 Å². The van der Waals surface area contributed by atoms with Crippen LogP contribution in [0.15, 0.2) is 66.9 Å². The number of benzene rings is 2. The first-order valence-electron chi connectivity index (χ1n) is 13.4. The molecule has 1 aromatic heterocycles. The molecule has 2 heterocycles. The maximum atomic E-state index is 13.8. The van der Waals surface area contributed by atoms with E-state index in [1.807, 2.05) is 36.4 Å². The van der Waals surface area contributed by atoms with Crippen LogP contribution in [0.4, 0.5) is 13.2 Å². The van der Waals surface area contributed by atoms with E-state index in [-0.39, 0.29) is 12.0 Å². The van der Waals surface area contributed by atoms with Crippen molar-refractivity contribution in [3.63, 3.8) is 0 Å². The molecule has 6 heteroatoms. The van der Waals surface area contributed by atoms with Gasteiger partial charge in [-0.3, -0.25) is 4.98 Å². The topological polar surface area (TPSA) is 34.1 Å². The van der Waals surface area contributed by atoms with E-state index in [9.17, 15) is 13.2 Å². The van der Waals surface area contributed by atoms with Gasteiger partial charge in [0, 0.05) is 28.8 Å². The SMILES string of the molecule is FC(F)(F)c1cc(COCC2(c3ccccc3)CCNCC2)cc(-c2ccc(C3CCCCC3)nc2)c1. The van der Waals surface area contributed by atoms with Gasteiger partial charge in [0.15, 0.2) is 0 Å². The van der Waals surface area contributed by atoms with Crippen LogP contribution >= 0.6 is 0 Å². The van der Waals surface area contributed by atoms with Crippen LogP contribution in [0.25, 0.3) is 11.1 Å². The lowest BCUT2D eigenvalue weighted by atomic mass is 9.74. The van der Waals surface area contributed by atoms with Crippen LogP contribution < -0.4 is 5.32 Å². The quantitative estimate of drug-likeness (QED) is 0.356. The maximum Gasteiger partial charge on any atom is 0.416 e. The van der Waals surface area contributed by atoms with Crippen molar-refractivity contribution >= 4 is 0 Å². The molecule has 5 rings (SSSR count). The number of halogens is 3. The van der Waals surface area contributed by atoms with Gasteiger partial charge in [-0.25, -0.2) is 0 Å². The number of ether oxygens (including phenoxy) is 1. The molecule has 0 spiro atoms. The number of nitrogens with one attached hydrogen (secondary N) is 1. The Morgan fingerprint density at radius 2 is 1.65 bits per heavy atom. The van der Waals surface area contributed by atoms with Crippen LogP contribution in [-0.2, 0) is 22.9 Å². The summed E-state index contributed by atoms with van der Waals surface area (Å²) in [7, 11) is 0. The van der Waals surface area contributed by atoms with Crippen molar-refractivity contribution in [2.24, 2.45) is 0 Å². The second-order valence-electron chi connectivity index (χ2n) is 10.6. The molecule has 196 valence electrons. The second kappa shape index (κ2) is 11.4. The van der Waals surface area contributed by atoms with Gasteiger partial charge >= 0.3 is 6.18 Å². The summed E-state index contributed by atoms with van der Waals surface area (Å²) in [6.45, 7) is 2.40. The third kappa shape index (κ3) is 6.24. The molecule has 1 aliphatic carbocycles. The molecule has 37 heavy (non-hydrogen) atoms. The largest absolute Gasteiger partial charge is 0.416 e. The van der Waals surface area contributed by atoms with Crippen LogP contribution in [0.3, 0.4) is 0 Å². The molecule has 1 N–H and O–H groups in total. The molecule has 2 aromatic carbocycles. The Bertz CT molecular complexity index is 1150. The summed E-state index contributed by atoms with van der Waals surface area (Å²) < 4.78 is 47.6. The van der Waals surface area contributed by atoms with Crippen LogP contribution in [0.2, 0.25) is 0 Å². The fourth-order valence-electron chi connectivity index (χ4n) is 5.90. The average Bonchev–Trinajstić information content (AvgIpc) is 2.94. The predicted molar refractivity (Wildman–Crippen MR) is 140 cm³/mol. The van der Waals surface area contributed by atoms with E-state index >= 15 is 0 Å². The van der Waals surface area contributed by atoms with Crippen molar-refractivity contribution in [1.29, 1.82) is 0 Å². The first-order chi connectivity index (χ1) is 17.9. The highest BCUT2D eigenvalue weighted by Gasteiger charge is 2.35. The smallest absolute Gasteiger partial charge is 0.376 e. The molecule has 2 fully saturated rings. The van der Waals surface area contributed by atoms with Crippen molar-refractivity contribution in [3.05, 3.63) is 89.2 Å². The zero-order chi connectivity index (χ0) is 25.7. The third-order valence-electron chi connectivity index (χ3n) is 8.06. The number of hydrogen-bond donors (Lipinski definition) is 1. The number of nitrogens with zero attached hydrogens (tertiary/aromatic N) is 1. The van der Waals surface area contributed by atoms with Crippen molar-refractivity contribution in [2.45, 2.75) is 69.1 Å². The monoisotopic (exact) mass is 508 g/mol. The number of aromatic nitrogens is 1. The number of alkyl halides is 3. The number of piperidine rings is 1. The van der Waals surface area contributed by atoms with Gasteiger partial charge in [-0.1, -0.05) is 55.7 Å². The summed E-state index contributed by atoms with van der Waals surface area (Å²) >= 11 is 0. The van der Waals surface area contributed by atoms with E-state index in [1.54, 1.807) is 6.20 Å². The molecule has 0 bridgehead atoms. The van der Waals surface area contributed by atoms with E-state index in [1.165, 1.54) is 37.0 Å². The van der Waals surface area contributed by atoms with E-state index in [2.05, 4.69) is 22.4 Å². The highest BCUT2D eigenvalue weighted by Crippen LogP contribution is 2.37. The van der Waals surface area contributed by atoms with Crippen molar-refractivity contribution < 1.29 is 17.9 Å². The van der Waals surface area contributed by atoms with Crippen molar-refractivity contribution in [3.8, 4) is 11.1 Å². The van der Waals surface area contributed by atoms with Gasteiger partial charge in [0.25, 0.3) is 0 Å². The molecule has 3 nitrogen and oxygen atoms in total. The fraction of sp³-hybridized carbons (Fsp3) is 0.452. The Hall–Kier alpha value is -2.70. The number of pyridine rings is 1. The number of hydrogen-bond acceptors (Lipinski definition) is 3. The molecule has 0 atom stereocenters. The van der Waals surface area contributed by atoms with Gasteiger partial charge in [-0.2, -0.15) is 13.2 Å². The molecule has 0 unspecified atom stereocenters. The average molecular weight is 509 g/mol. The van der Waals surface area contributed by atoms with Crippen LogP contribution in [0.5, 0.6) is 0 Å². The highest BCUT2D eigenvalue weighted by molar-refractivity contribution is 5.64. The molecule has 3 aromatic rings. The van der Waals surface area contributed by atoms with Gasteiger partial charge in [0.1, 0.15) is 0 Å². The Morgan fingerprint density at radius 1 is 0.892 bits per heavy atom. The lowest BCUT2D eigenvalue weighted by Crippen LogP contribution is -2.43. The van der Waals surface area contributed by atoms with E-state index in [4.69, 9.17) is 4.74 Å². The molecule has 2 aliphatic rings. The lowest BCUT2D eigenvalue weighted by molar-refractivity contribution is -0.137. The van der Waals surface area contributed by atoms with Gasteiger partial charge < -0.3 is 10.1 Å². The minimum absolute atomic E-state index is 0.129. The zero-order valence-electron chi connectivity index (χ0n) is 21.2. The molecule has 0 amide bonds. The third-order valence-corrected chi connectivity index (χ3v) is 8.06. The summed E-state index contributed by atoms with van der Waals surface area (Å²) in [6.07, 6.45) is 5.14. The lowest BCUT2D eigenvalue weighted by Gasteiger charge is -2.38.